The van der Waals surface area contributed by atoms with Gasteiger partial charge in [-0.25, -0.2) is 0 Å². The summed E-state index contributed by atoms with van der Waals surface area (Å²) in [6, 6.07) is 4.45. The number of fused-ring (bicyclic) bond motifs is 1. The summed E-state index contributed by atoms with van der Waals surface area (Å²) in [6.07, 6.45) is 1.42. The van der Waals surface area contributed by atoms with Crippen molar-refractivity contribution in [1.82, 2.24) is 4.98 Å². The number of halogens is 1. The molecule has 7 heteroatoms. The van der Waals surface area contributed by atoms with E-state index in [2.05, 4.69) is 20.9 Å². The van der Waals surface area contributed by atoms with Crippen LogP contribution >= 0.6 is 15.9 Å². The standard InChI is InChI=1S/C9H6BrNO4S/c10-6-4-7(16(13,14)15)9(12)8-5(6)2-1-3-11-8/h1-4,12H,(H,13,14,15). The normalized spacial score (nSPS) is 11.9. The Kier molecular flexibility index (Phi) is 2.61. The van der Waals surface area contributed by atoms with E-state index in [1.165, 1.54) is 6.20 Å². The maximum Gasteiger partial charge on any atom is 0.298 e. The van der Waals surface area contributed by atoms with E-state index in [-0.39, 0.29) is 5.52 Å². The third kappa shape index (κ3) is 1.77. The van der Waals surface area contributed by atoms with Crippen LogP contribution in [0, 0.1) is 0 Å². The van der Waals surface area contributed by atoms with Crippen LogP contribution in [0.15, 0.2) is 33.8 Å². The highest BCUT2D eigenvalue weighted by Crippen LogP contribution is 2.35. The van der Waals surface area contributed by atoms with Gasteiger partial charge in [0.2, 0.25) is 0 Å². The van der Waals surface area contributed by atoms with E-state index in [0.717, 1.165) is 6.07 Å². The lowest BCUT2D eigenvalue weighted by molar-refractivity contribution is 0.447. The first-order chi connectivity index (χ1) is 7.41. The molecule has 0 aliphatic carbocycles. The van der Waals surface area contributed by atoms with Crippen LogP contribution in [-0.2, 0) is 10.1 Å². The van der Waals surface area contributed by atoms with Crippen LogP contribution in [0.4, 0.5) is 0 Å². The number of rotatable bonds is 1. The van der Waals surface area contributed by atoms with Crippen LogP contribution in [0.25, 0.3) is 10.9 Å². The van der Waals surface area contributed by atoms with Crippen molar-refractivity contribution in [1.29, 1.82) is 0 Å². The van der Waals surface area contributed by atoms with Gasteiger partial charge in [0.05, 0.1) is 0 Å². The number of pyridine rings is 1. The zero-order valence-corrected chi connectivity index (χ0v) is 10.2. The van der Waals surface area contributed by atoms with Gasteiger partial charge < -0.3 is 5.11 Å². The molecule has 0 bridgehead atoms. The number of phenolic OH excluding ortho intramolecular Hbond substituents is 1. The van der Waals surface area contributed by atoms with Gasteiger partial charge in [-0.1, -0.05) is 22.0 Å². The summed E-state index contributed by atoms with van der Waals surface area (Å²) in [5.41, 5.74) is 0.115. The summed E-state index contributed by atoms with van der Waals surface area (Å²) < 4.78 is 31.3. The van der Waals surface area contributed by atoms with E-state index in [0.29, 0.717) is 9.86 Å². The van der Waals surface area contributed by atoms with Gasteiger partial charge in [-0.2, -0.15) is 8.42 Å². The maximum atomic E-state index is 11.0. The highest BCUT2D eigenvalue weighted by molar-refractivity contribution is 9.10. The maximum absolute atomic E-state index is 11.0. The molecule has 16 heavy (non-hydrogen) atoms. The smallest absolute Gasteiger partial charge is 0.298 e. The fraction of sp³-hybridized carbons (Fsp3) is 0. The predicted molar refractivity (Wildman–Crippen MR) is 60.9 cm³/mol. The van der Waals surface area contributed by atoms with Crippen molar-refractivity contribution in [2.75, 3.05) is 0 Å². The molecule has 0 spiro atoms. The van der Waals surface area contributed by atoms with Crippen molar-refractivity contribution >= 4 is 37.0 Å². The molecule has 0 amide bonds. The largest absolute Gasteiger partial charge is 0.504 e. The molecule has 0 aliphatic rings. The Balaban J connectivity index is 2.97. The molecule has 0 saturated carbocycles. The summed E-state index contributed by atoms with van der Waals surface area (Å²) >= 11 is 3.15. The summed E-state index contributed by atoms with van der Waals surface area (Å²) in [7, 11) is -4.47. The molecule has 84 valence electrons. The van der Waals surface area contributed by atoms with Crippen molar-refractivity contribution in [3.63, 3.8) is 0 Å². The van der Waals surface area contributed by atoms with Crippen LogP contribution in [0.1, 0.15) is 0 Å². The quantitative estimate of drug-likeness (QED) is 0.786. The molecule has 0 saturated heterocycles. The molecule has 1 heterocycles. The third-order valence-corrected chi connectivity index (χ3v) is 3.58. The number of hydrogen-bond acceptors (Lipinski definition) is 4. The van der Waals surface area contributed by atoms with Gasteiger partial charge in [0.25, 0.3) is 10.1 Å². The zero-order chi connectivity index (χ0) is 11.9. The monoisotopic (exact) mass is 303 g/mol. The number of aromatic nitrogens is 1. The lowest BCUT2D eigenvalue weighted by atomic mass is 10.2. The average molecular weight is 304 g/mol. The van der Waals surface area contributed by atoms with Crippen LogP contribution < -0.4 is 0 Å². The molecular formula is C9H6BrNO4S. The van der Waals surface area contributed by atoms with E-state index in [4.69, 9.17) is 4.55 Å². The lowest BCUT2D eigenvalue weighted by Gasteiger charge is -2.06. The highest BCUT2D eigenvalue weighted by atomic mass is 79.9. The van der Waals surface area contributed by atoms with Crippen molar-refractivity contribution in [3.8, 4) is 5.75 Å². The Bertz CT molecular complexity index is 669. The Morgan fingerprint density at radius 1 is 1.38 bits per heavy atom. The molecule has 1 aromatic carbocycles. The van der Waals surface area contributed by atoms with Gasteiger partial charge in [-0.15, -0.1) is 0 Å². The molecule has 0 radical (unpaired) electrons. The number of benzene rings is 1. The fourth-order valence-electron chi connectivity index (χ4n) is 1.36. The Labute approximate surface area is 99.6 Å². The van der Waals surface area contributed by atoms with Gasteiger partial charge >= 0.3 is 0 Å². The molecule has 5 nitrogen and oxygen atoms in total. The number of aromatic hydroxyl groups is 1. The van der Waals surface area contributed by atoms with E-state index in [1.54, 1.807) is 12.1 Å². The van der Waals surface area contributed by atoms with Crippen molar-refractivity contribution in [3.05, 3.63) is 28.9 Å². The topological polar surface area (TPSA) is 87.5 Å². The molecule has 2 aromatic rings. The van der Waals surface area contributed by atoms with Crippen molar-refractivity contribution in [2.24, 2.45) is 0 Å². The first-order valence-electron chi connectivity index (χ1n) is 4.15. The van der Waals surface area contributed by atoms with Gasteiger partial charge in [0, 0.05) is 16.1 Å². The Morgan fingerprint density at radius 3 is 2.69 bits per heavy atom. The van der Waals surface area contributed by atoms with E-state index < -0.39 is 20.8 Å². The van der Waals surface area contributed by atoms with E-state index >= 15 is 0 Å². The second kappa shape index (κ2) is 3.69. The minimum Gasteiger partial charge on any atom is -0.504 e. The highest BCUT2D eigenvalue weighted by Gasteiger charge is 2.20. The zero-order valence-electron chi connectivity index (χ0n) is 7.75. The fourth-order valence-corrected chi connectivity index (χ4v) is 2.67. The van der Waals surface area contributed by atoms with Gasteiger partial charge in [-0.3, -0.25) is 9.54 Å². The first kappa shape index (κ1) is 11.3. The molecule has 0 atom stereocenters. The summed E-state index contributed by atoms with van der Waals surface area (Å²) in [5.74, 6) is -0.554. The Hall–Kier alpha value is -1.18. The van der Waals surface area contributed by atoms with E-state index in [9.17, 15) is 13.5 Å². The minimum absolute atomic E-state index is 0.115. The SMILES string of the molecule is O=S(=O)(O)c1cc(Br)c2cccnc2c1O. The average Bonchev–Trinajstić information content (AvgIpc) is 2.22. The molecule has 2 N–H and O–H groups in total. The van der Waals surface area contributed by atoms with Gasteiger partial charge in [0.15, 0.2) is 5.75 Å². The molecule has 0 aliphatic heterocycles. The van der Waals surface area contributed by atoms with E-state index in [1.807, 2.05) is 0 Å². The van der Waals surface area contributed by atoms with Crippen LogP contribution in [0.3, 0.4) is 0 Å². The van der Waals surface area contributed by atoms with Crippen molar-refractivity contribution < 1.29 is 18.1 Å². The second-order valence-corrected chi connectivity index (χ2v) is 5.32. The summed E-state index contributed by atoms with van der Waals surface area (Å²) in [4.78, 5) is 3.30. The number of nitrogens with zero attached hydrogens (tertiary/aromatic N) is 1. The van der Waals surface area contributed by atoms with Crippen molar-refractivity contribution in [2.45, 2.75) is 4.90 Å². The molecule has 0 unspecified atom stereocenters. The molecular weight excluding hydrogens is 298 g/mol. The molecule has 2 rings (SSSR count). The van der Waals surface area contributed by atoms with Gasteiger partial charge in [-0.05, 0) is 12.1 Å². The second-order valence-electron chi connectivity index (χ2n) is 3.08. The van der Waals surface area contributed by atoms with Crippen LogP contribution in [0.2, 0.25) is 0 Å². The predicted octanol–water partition coefficient (Wildman–Crippen LogP) is 1.95. The molecule has 1 aromatic heterocycles. The van der Waals surface area contributed by atoms with Crippen LogP contribution in [0.5, 0.6) is 5.75 Å². The number of phenols is 1. The lowest BCUT2D eigenvalue weighted by Crippen LogP contribution is -1.99. The van der Waals surface area contributed by atoms with Gasteiger partial charge in [0.1, 0.15) is 10.4 Å². The summed E-state index contributed by atoms with van der Waals surface area (Å²) in [6.45, 7) is 0. The minimum atomic E-state index is -4.47. The van der Waals surface area contributed by atoms with Crippen LogP contribution in [-0.4, -0.2) is 23.1 Å². The molecule has 0 fully saturated rings. The Morgan fingerprint density at radius 2 is 2.06 bits per heavy atom. The summed E-state index contributed by atoms with van der Waals surface area (Å²) in [5, 5.41) is 10.2. The number of hydrogen-bond donors (Lipinski definition) is 2. The third-order valence-electron chi connectivity index (χ3n) is 2.06. The first-order valence-corrected chi connectivity index (χ1v) is 6.38.